The molecule has 0 amide bonds. The van der Waals surface area contributed by atoms with Crippen LogP contribution in [0.3, 0.4) is 0 Å². The van der Waals surface area contributed by atoms with Crippen molar-refractivity contribution in [3.05, 3.63) is 131 Å². The molecule has 1 fully saturated rings. The average Bonchev–Trinajstić information content (AvgIpc) is 3.86. The van der Waals surface area contributed by atoms with Crippen LogP contribution in [0.2, 0.25) is 0 Å². The summed E-state index contributed by atoms with van der Waals surface area (Å²) in [5.41, 5.74) is 2.38. The Kier molecular flexibility index (Phi) is 8.14. The lowest BCUT2D eigenvalue weighted by molar-refractivity contribution is -0.151. The lowest BCUT2D eigenvalue weighted by Crippen LogP contribution is -2.44. The highest BCUT2D eigenvalue weighted by molar-refractivity contribution is 7.93. The van der Waals surface area contributed by atoms with Crippen molar-refractivity contribution in [3.63, 3.8) is 0 Å². The molecule has 2 aliphatic rings. The van der Waals surface area contributed by atoms with E-state index in [0.29, 0.717) is 42.2 Å². The number of nitrogens with one attached hydrogen (secondary N) is 1. The molecule has 0 aromatic heterocycles. The molecule has 1 aliphatic heterocycles. The van der Waals surface area contributed by atoms with Gasteiger partial charge in [0.05, 0.1) is 25.0 Å². The number of sulfonamides is 1. The first-order chi connectivity index (χ1) is 21.4. The van der Waals surface area contributed by atoms with E-state index in [-0.39, 0.29) is 11.9 Å². The van der Waals surface area contributed by atoms with Gasteiger partial charge in [-0.1, -0.05) is 72.8 Å². The van der Waals surface area contributed by atoms with Crippen LogP contribution in [-0.2, 0) is 31.6 Å². The van der Waals surface area contributed by atoms with Crippen LogP contribution in [0.4, 0.5) is 5.69 Å². The summed E-state index contributed by atoms with van der Waals surface area (Å²) >= 11 is 0. The third-order valence-electron chi connectivity index (χ3n) is 8.06. The number of benzene rings is 4. The minimum absolute atomic E-state index is 0.189. The molecule has 226 valence electrons. The summed E-state index contributed by atoms with van der Waals surface area (Å²) in [6.07, 6.45) is 1.35. The van der Waals surface area contributed by atoms with Crippen molar-refractivity contribution in [1.82, 2.24) is 4.90 Å². The van der Waals surface area contributed by atoms with Crippen LogP contribution in [0.25, 0.3) is 0 Å². The molecule has 1 N–H and O–H groups in total. The number of hydrogen-bond acceptors (Lipinski definition) is 7. The largest absolute Gasteiger partial charge is 0.497 e. The first-order valence-electron chi connectivity index (χ1n) is 14.7. The highest BCUT2D eigenvalue weighted by Gasteiger charge is 2.57. The topological polar surface area (TPSA) is 97.3 Å². The first kappa shape index (κ1) is 29.4. The molecule has 8 nitrogen and oxygen atoms in total. The summed E-state index contributed by atoms with van der Waals surface area (Å²) in [6, 6.07) is 33.8. The number of methoxy groups -OCH3 is 1. The maximum Gasteiger partial charge on any atom is 0.341 e. The van der Waals surface area contributed by atoms with E-state index in [1.807, 2.05) is 97.1 Å². The zero-order valence-electron chi connectivity index (χ0n) is 24.7. The van der Waals surface area contributed by atoms with E-state index in [1.54, 1.807) is 26.2 Å². The van der Waals surface area contributed by atoms with E-state index < -0.39 is 27.6 Å². The Labute approximate surface area is 258 Å². The monoisotopic (exact) mass is 609 g/mol. The maximum absolute atomic E-state index is 14.3. The number of hydrogen-bond donors (Lipinski definition) is 1. The fraction of sp³-hybridized carbons (Fsp3) is 0.257. The van der Waals surface area contributed by atoms with Crippen molar-refractivity contribution >= 4 is 27.5 Å². The van der Waals surface area contributed by atoms with Crippen molar-refractivity contribution in [2.24, 2.45) is 4.99 Å². The van der Waals surface area contributed by atoms with Crippen LogP contribution in [0.1, 0.15) is 48.1 Å². The Bertz CT molecular complexity index is 1740. The van der Waals surface area contributed by atoms with Crippen molar-refractivity contribution in [2.75, 3.05) is 18.4 Å². The molecule has 6 rings (SSSR count). The molecule has 0 saturated heterocycles. The SMILES string of the molecule is CCOC(=O)[C@]1(c2ccccc2)N=C(c2ccc(OC)cc2)N(Cc2ccccc2)[C@@H]1c1ccc(NS(=O)(=O)C2CC2)cc1. The standard InChI is InChI=1S/C35H35N3O5S/c1-3-43-34(39)35(28-12-8-5-9-13-28)32(26-14-18-29(19-15-26)37-44(40,41)31-22-23-31)38(24-25-10-6-4-7-11-25)33(36-35)27-16-20-30(42-2)21-17-27/h4-21,31-32,37H,3,22-24H2,1-2H3/t32-,35-/m1/s1. The number of rotatable bonds is 11. The van der Waals surface area contributed by atoms with E-state index in [0.717, 1.165) is 16.7 Å². The van der Waals surface area contributed by atoms with Crippen LogP contribution < -0.4 is 9.46 Å². The fourth-order valence-corrected chi connectivity index (χ4v) is 7.16. The number of aliphatic imine (C=N–C) groups is 1. The van der Waals surface area contributed by atoms with Gasteiger partial charge in [-0.05, 0) is 72.9 Å². The number of anilines is 1. The van der Waals surface area contributed by atoms with Crippen molar-refractivity contribution < 1.29 is 22.7 Å². The van der Waals surface area contributed by atoms with Gasteiger partial charge < -0.3 is 14.4 Å². The quantitative estimate of drug-likeness (QED) is 0.208. The predicted molar refractivity (Wildman–Crippen MR) is 171 cm³/mol. The molecular weight excluding hydrogens is 574 g/mol. The second kappa shape index (κ2) is 12.2. The van der Waals surface area contributed by atoms with Crippen LogP contribution >= 0.6 is 0 Å². The summed E-state index contributed by atoms with van der Waals surface area (Å²) in [6.45, 7) is 2.44. The van der Waals surface area contributed by atoms with E-state index in [4.69, 9.17) is 14.5 Å². The predicted octanol–water partition coefficient (Wildman–Crippen LogP) is 6.06. The zero-order valence-corrected chi connectivity index (χ0v) is 25.5. The molecule has 1 aliphatic carbocycles. The number of ether oxygens (including phenoxy) is 2. The number of nitrogens with zero attached hydrogens (tertiary/aromatic N) is 2. The highest BCUT2D eigenvalue weighted by Crippen LogP contribution is 2.50. The Morgan fingerprint density at radius 3 is 2.14 bits per heavy atom. The molecular formula is C35H35N3O5S. The number of carbonyl (C=O) groups excluding carboxylic acids is 1. The smallest absolute Gasteiger partial charge is 0.341 e. The number of amidine groups is 1. The summed E-state index contributed by atoms with van der Waals surface area (Å²) in [4.78, 5) is 21.7. The maximum atomic E-state index is 14.3. The van der Waals surface area contributed by atoms with Crippen molar-refractivity contribution in [2.45, 2.75) is 43.1 Å². The van der Waals surface area contributed by atoms with Gasteiger partial charge in [-0.25, -0.2) is 18.2 Å². The van der Waals surface area contributed by atoms with Gasteiger partial charge in [0.2, 0.25) is 15.6 Å². The van der Waals surface area contributed by atoms with E-state index in [1.165, 1.54) is 0 Å². The molecule has 44 heavy (non-hydrogen) atoms. The molecule has 4 aromatic carbocycles. The first-order valence-corrected chi connectivity index (χ1v) is 16.3. The van der Waals surface area contributed by atoms with Gasteiger partial charge >= 0.3 is 5.97 Å². The van der Waals surface area contributed by atoms with Gasteiger partial charge in [-0.3, -0.25) is 4.72 Å². The van der Waals surface area contributed by atoms with E-state index >= 15 is 0 Å². The van der Waals surface area contributed by atoms with E-state index in [9.17, 15) is 13.2 Å². The molecule has 0 radical (unpaired) electrons. The van der Waals surface area contributed by atoms with Gasteiger partial charge in [0.1, 0.15) is 11.6 Å². The van der Waals surface area contributed by atoms with Crippen molar-refractivity contribution in [3.8, 4) is 5.75 Å². The normalized spacial score (nSPS) is 19.7. The molecule has 0 bridgehead atoms. The second-order valence-corrected chi connectivity index (χ2v) is 13.0. The molecule has 0 spiro atoms. The minimum Gasteiger partial charge on any atom is -0.497 e. The summed E-state index contributed by atoms with van der Waals surface area (Å²) < 4.78 is 39.2. The molecule has 1 saturated carbocycles. The lowest BCUT2D eigenvalue weighted by atomic mass is 9.79. The molecule has 4 aromatic rings. The van der Waals surface area contributed by atoms with Gasteiger partial charge in [0.15, 0.2) is 0 Å². The van der Waals surface area contributed by atoms with Gasteiger partial charge in [0.25, 0.3) is 0 Å². The minimum atomic E-state index is -3.43. The Balaban J connectivity index is 1.54. The highest BCUT2D eigenvalue weighted by atomic mass is 32.2. The van der Waals surface area contributed by atoms with Crippen LogP contribution in [0.15, 0.2) is 114 Å². The summed E-state index contributed by atoms with van der Waals surface area (Å²) in [7, 11) is -1.81. The average molecular weight is 610 g/mol. The zero-order chi connectivity index (χ0) is 30.7. The van der Waals surface area contributed by atoms with Gasteiger partial charge in [-0.2, -0.15) is 0 Å². The number of esters is 1. The fourth-order valence-electron chi connectivity index (χ4n) is 5.77. The third kappa shape index (κ3) is 5.67. The third-order valence-corrected chi connectivity index (χ3v) is 9.93. The molecule has 9 heteroatoms. The number of carbonyl (C=O) groups is 1. The summed E-state index contributed by atoms with van der Waals surface area (Å²) in [5.74, 6) is 0.885. The van der Waals surface area contributed by atoms with Crippen LogP contribution in [0.5, 0.6) is 5.75 Å². The Hall–Kier alpha value is -4.63. The molecule has 2 atom stereocenters. The van der Waals surface area contributed by atoms with Crippen LogP contribution in [-0.4, -0.2) is 44.1 Å². The van der Waals surface area contributed by atoms with Crippen molar-refractivity contribution in [1.29, 1.82) is 0 Å². The second-order valence-electron chi connectivity index (χ2n) is 11.0. The Morgan fingerprint density at radius 2 is 1.55 bits per heavy atom. The van der Waals surface area contributed by atoms with Gasteiger partial charge in [-0.15, -0.1) is 0 Å². The van der Waals surface area contributed by atoms with E-state index in [2.05, 4.69) is 9.62 Å². The molecule has 0 unspecified atom stereocenters. The summed E-state index contributed by atoms with van der Waals surface area (Å²) in [5, 5.41) is -0.339. The lowest BCUT2D eigenvalue weighted by Gasteiger charge is -2.37. The van der Waals surface area contributed by atoms with Gasteiger partial charge in [0, 0.05) is 17.8 Å². The molecule has 1 heterocycles. The van der Waals surface area contributed by atoms with Crippen LogP contribution in [0, 0.1) is 0 Å². The Morgan fingerprint density at radius 1 is 0.909 bits per heavy atom.